The van der Waals surface area contributed by atoms with Crippen LogP contribution >= 0.6 is 0 Å². The van der Waals surface area contributed by atoms with Gasteiger partial charge in [-0.2, -0.15) is 0 Å². The topological polar surface area (TPSA) is 60.4 Å². The summed E-state index contributed by atoms with van der Waals surface area (Å²) in [6, 6.07) is 5.17. The van der Waals surface area contributed by atoms with Crippen LogP contribution in [-0.2, 0) is 19.4 Å². The normalized spacial score (nSPS) is 29.9. The van der Waals surface area contributed by atoms with E-state index in [1.54, 1.807) is 19.1 Å². The molecule has 0 aromatic heterocycles. The Morgan fingerprint density at radius 3 is 2.56 bits per heavy atom. The molecule has 0 N–H and O–H groups in total. The smallest absolute Gasteiger partial charge is 0.328 e. The van der Waals surface area contributed by atoms with Gasteiger partial charge in [0.2, 0.25) is 0 Å². The summed E-state index contributed by atoms with van der Waals surface area (Å²) in [5.41, 5.74) is 1.69. The van der Waals surface area contributed by atoms with Crippen molar-refractivity contribution in [3.8, 4) is 0 Å². The number of benzene rings is 1. The molecule has 4 nitrogen and oxygen atoms in total. The van der Waals surface area contributed by atoms with Crippen LogP contribution in [0.5, 0.6) is 0 Å². The van der Waals surface area contributed by atoms with Crippen LogP contribution in [0.4, 0.5) is 0 Å². The highest BCUT2D eigenvalue weighted by atomic mass is 32.2. The molecule has 96 valence electrons. The fourth-order valence-electron chi connectivity index (χ4n) is 2.78. The van der Waals surface area contributed by atoms with Crippen molar-refractivity contribution in [3.05, 3.63) is 29.3 Å². The van der Waals surface area contributed by atoms with Crippen LogP contribution in [0, 0.1) is 19.8 Å². The van der Waals surface area contributed by atoms with Crippen molar-refractivity contribution in [1.82, 2.24) is 0 Å². The summed E-state index contributed by atoms with van der Waals surface area (Å²) in [6.07, 6.45) is 0.404. The van der Waals surface area contributed by atoms with Gasteiger partial charge in [-0.3, -0.25) is 4.79 Å². The van der Waals surface area contributed by atoms with E-state index in [1.165, 1.54) is 0 Å². The van der Waals surface area contributed by atoms with Gasteiger partial charge in [0.15, 0.2) is 14.6 Å². The largest absolute Gasteiger partial charge is 0.464 e. The van der Waals surface area contributed by atoms with Crippen molar-refractivity contribution >= 4 is 15.8 Å². The van der Waals surface area contributed by atoms with Gasteiger partial charge >= 0.3 is 5.97 Å². The van der Waals surface area contributed by atoms with Gasteiger partial charge in [-0.25, -0.2) is 8.42 Å². The quantitative estimate of drug-likeness (QED) is 0.759. The van der Waals surface area contributed by atoms with Crippen molar-refractivity contribution in [2.24, 2.45) is 5.92 Å². The second kappa shape index (κ2) is 3.35. The van der Waals surface area contributed by atoms with E-state index >= 15 is 0 Å². The molecule has 0 unspecified atom stereocenters. The predicted octanol–water partition coefficient (Wildman–Crippen LogP) is 1.39. The molecule has 3 rings (SSSR count). The molecule has 0 amide bonds. The van der Waals surface area contributed by atoms with Gasteiger partial charge in [0.1, 0.15) is 0 Å². The molecule has 1 saturated heterocycles. The van der Waals surface area contributed by atoms with Crippen molar-refractivity contribution in [1.29, 1.82) is 0 Å². The molecule has 2 fully saturated rings. The van der Waals surface area contributed by atoms with Crippen LogP contribution in [0.15, 0.2) is 23.1 Å². The Morgan fingerprint density at radius 2 is 2.06 bits per heavy atom. The number of aryl methyl sites for hydroxylation is 2. The molecule has 18 heavy (non-hydrogen) atoms. The molecule has 1 aliphatic carbocycles. The molecule has 5 heteroatoms. The zero-order chi connectivity index (χ0) is 13.1. The van der Waals surface area contributed by atoms with E-state index in [9.17, 15) is 13.2 Å². The predicted molar refractivity (Wildman–Crippen MR) is 64.9 cm³/mol. The molecular weight excluding hydrogens is 252 g/mol. The number of fused-ring (bicyclic) bond motifs is 1. The fraction of sp³-hybridized carbons (Fsp3) is 0.462. The van der Waals surface area contributed by atoms with Crippen LogP contribution in [-0.4, -0.2) is 25.7 Å². The van der Waals surface area contributed by atoms with E-state index in [2.05, 4.69) is 0 Å². The minimum atomic E-state index is -3.64. The molecule has 0 bridgehead atoms. The first-order valence-electron chi connectivity index (χ1n) is 5.89. The first kappa shape index (κ1) is 11.7. The van der Waals surface area contributed by atoms with Gasteiger partial charge in [0.05, 0.1) is 11.5 Å². The standard InChI is InChI=1S/C13H14O4S/c1-8-3-4-11(9(2)5-8)18(15,16)13-6-10(13)7-17-12(13)14/h3-5,10H,6-7H2,1-2H3/t10-,13+/m0/s1. The van der Waals surface area contributed by atoms with Crippen molar-refractivity contribution in [3.63, 3.8) is 0 Å². The number of rotatable bonds is 2. The second-order valence-corrected chi connectivity index (χ2v) is 7.34. The first-order chi connectivity index (χ1) is 8.39. The summed E-state index contributed by atoms with van der Waals surface area (Å²) in [6.45, 7) is 3.91. The number of hydrogen-bond acceptors (Lipinski definition) is 4. The van der Waals surface area contributed by atoms with E-state index in [4.69, 9.17) is 4.74 Å². The molecule has 2 aliphatic rings. The number of ether oxygens (including phenoxy) is 1. The maximum Gasteiger partial charge on any atom is 0.328 e. The minimum Gasteiger partial charge on any atom is -0.464 e. The third-order valence-electron chi connectivity index (χ3n) is 3.91. The maximum atomic E-state index is 12.6. The van der Waals surface area contributed by atoms with Gasteiger partial charge in [0, 0.05) is 5.92 Å². The van der Waals surface area contributed by atoms with Gasteiger partial charge in [-0.1, -0.05) is 17.7 Å². The van der Waals surface area contributed by atoms with Gasteiger partial charge < -0.3 is 4.74 Å². The van der Waals surface area contributed by atoms with Crippen LogP contribution < -0.4 is 0 Å². The monoisotopic (exact) mass is 266 g/mol. The van der Waals surface area contributed by atoms with E-state index in [1.807, 2.05) is 13.0 Å². The molecule has 1 saturated carbocycles. The molecule has 0 radical (unpaired) electrons. The zero-order valence-corrected chi connectivity index (χ0v) is 11.1. The highest BCUT2D eigenvalue weighted by Gasteiger charge is 2.74. The Kier molecular flexibility index (Phi) is 2.18. The molecule has 2 atom stereocenters. The van der Waals surface area contributed by atoms with Crippen LogP contribution in [0.2, 0.25) is 0 Å². The van der Waals surface area contributed by atoms with E-state index < -0.39 is 20.6 Å². The first-order valence-corrected chi connectivity index (χ1v) is 7.37. The molecule has 1 heterocycles. The second-order valence-electron chi connectivity index (χ2n) is 5.16. The third-order valence-corrected chi connectivity index (χ3v) is 6.57. The molecule has 1 aromatic rings. The molecular formula is C13H14O4S. The van der Waals surface area contributed by atoms with Crippen molar-refractivity contribution < 1.29 is 17.9 Å². The summed E-state index contributed by atoms with van der Waals surface area (Å²) in [7, 11) is -3.64. The van der Waals surface area contributed by atoms with E-state index in [0.29, 0.717) is 12.0 Å². The van der Waals surface area contributed by atoms with Gasteiger partial charge in [-0.15, -0.1) is 0 Å². The Balaban J connectivity index is 2.14. The van der Waals surface area contributed by atoms with E-state index in [0.717, 1.165) is 5.56 Å². The highest BCUT2D eigenvalue weighted by Crippen LogP contribution is 2.57. The Morgan fingerprint density at radius 1 is 1.33 bits per heavy atom. The van der Waals surface area contributed by atoms with E-state index in [-0.39, 0.29) is 17.4 Å². The lowest BCUT2D eigenvalue weighted by molar-refractivity contribution is -0.140. The molecule has 1 aliphatic heterocycles. The van der Waals surface area contributed by atoms with Crippen molar-refractivity contribution in [2.75, 3.05) is 6.61 Å². The summed E-state index contributed by atoms with van der Waals surface area (Å²) in [5, 5.41) is 0. The molecule has 0 spiro atoms. The number of cyclic esters (lactones) is 1. The van der Waals surface area contributed by atoms with Crippen molar-refractivity contribution in [2.45, 2.75) is 29.9 Å². The zero-order valence-electron chi connectivity index (χ0n) is 10.3. The third kappa shape index (κ3) is 1.25. The lowest BCUT2D eigenvalue weighted by Gasteiger charge is -2.13. The van der Waals surface area contributed by atoms with Crippen LogP contribution in [0.1, 0.15) is 17.5 Å². The fourth-order valence-corrected chi connectivity index (χ4v) is 5.11. The SMILES string of the molecule is Cc1ccc(S(=O)(=O)[C@]23C[C@H]2COC3=O)c(C)c1. The maximum absolute atomic E-state index is 12.6. The summed E-state index contributed by atoms with van der Waals surface area (Å²) < 4.78 is 28.9. The van der Waals surface area contributed by atoms with Gasteiger partial charge in [-0.05, 0) is 31.9 Å². The number of hydrogen-bond donors (Lipinski definition) is 0. The average Bonchev–Trinajstić information content (AvgIpc) is 2.94. The Hall–Kier alpha value is -1.36. The highest BCUT2D eigenvalue weighted by molar-refractivity contribution is 7.94. The Bertz CT molecular complexity index is 647. The number of carbonyl (C=O) groups is 1. The van der Waals surface area contributed by atoms with Crippen LogP contribution in [0.3, 0.4) is 0 Å². The summed E-state index contributed by atoms with van der Waals surface area (Å²) >= 11 is 0. The minimum absolute atomic E-state index is 0.157. The Labute approximate surface area is 106 Å². The lowest BCUT2D eigenvalue weighted by Crippen LogP contribution is -2.32. The van der Waals surface area contributed by atoms with Crippen LogP contribution in [0.25, 0.3) is 0 Å². The number of sulfone groups is 1. The summed E-state index contributed by atoms with van der Waals surface area (Å²) in [5.74, 6) is -0.733. The average molecular weight is 266 g/mol. The number of carbonyl (C=O) groups excluding carboxylic acids is 1. The number of esters is 1. The van der Waals surface area contributed by atoms with Gasteiger partial charge in [0.25, 0.3) is 0 Å². The summed E-state index contributed by atoms with van der Waals surface area (Å²) in [4.78, 5) is 12.0. The lowest BCUT2D eigenvalue weighted by atomic mass is 10.2. The molecule has 1 aromatic carbocycles.